The van der Waals surface area contributed by atoms with Crippen LogP contribution in [0, 0.1) is 0 Å². The summed E-state index contributed by atoms with van der Waals surface area (Å²) in [5.74, 6) is -0.0107. The fourth-order valence-corrected chi connectivity index (χ4v) is 4.91. The molecule has 4 aromatic heterocycles. The molecule has 4 heterocycles. The number of rotatable bonds is 12. The molecule has 0 fully saturated rings. The summed E-state index contributed by atoms with van der Waals surface area (Å²) in [6.07, 6.45) is 7.12. The molecule has 5 aromatic rings. The van der Waals surface area contributed by atoms with Crippen LogP contribution in [-0.4, -0.2) is 42.0 Å². The van der Waals surface area contributed by atoms with Crippen LogP contribution in [0.2, 0.25) is 5.02 Å². The van der Waals surface area contributed by atoms with Gasteiger partial charge in [0.1, 0.15) is 0 Å². The van der Waals surface area contributed by atoms with Crippen LogP contribution in [0.25, 0.3) is 0 Å². The number of benzene rings is 1. The Labute approximate surface area is 342 Å². The third-order valence-electron chi connectivity index (χ3n) is 6.44. The van der Waals surface area contributed by atoms with Gasteiger partial charge < -0.3 is 35.0 Å². The minimum absolute atomic E-state index is 0. The fourth-order valence-electron chi connectivity index (χ4n) is 4.65. The molecular formula is C33H34Cl3Cu2F6N6O2P. The van der Waals surface area contributed by atoms with Gasteiger partial charge in [0.2, 0.25) is 0 Å². The van der Waals surface area contributed by atoms with E-state index in [0.717, 1.165) is 29.9 Å². The molecule has 1 N–H and O–H groups in total. The molecule has 0 aliphatic carbocycles. The molecule has 8 nitrogen and oxygen atoms in total. The quantitative estimate of drug-likeness (QED) is 0.116. The third kappa shape index (κ3) is 23.1. The van der Waals surface area contributed by atoms with E-state index in [1.165, 1.54) is 0 Å². The molecule has 298 valence electrons. The molecule has 0 spiro atoms. The first-order valence-corrected chi connectivity index (χ1v) is 17.0. The van der Waals surface area contributed by atoms with Crippen molar-refractivity contribution < 1.29 is 94.3 Å². The monoisotopic (exact) mass is 922 g/mol. The molecule has 5 rings (SSSR count). The van der Waals surface area contributed by atoms with Crippen molar-refractivity contribution in [3.8, 4) is 5.75 Å². The second-order valence-corrected chi connectivity index (χ2v) is 12.9. The van der Waals surface area contributed by atoms with Crippen LogP contribution in [0.15, 0.2) is 110 Å². The number of nitrogens with zero attached hydrogens (tertiary/aromatic N) is 6. The number of aliphatic hydroxyl groups is 1. The molecule has 0 aliphatic heterocycles. The number of halogens is 9. The molecule has 0 bridgehead atoms. The summed E-state index contributed by atoms with van der Waals surface area (Å²) >= 11 is 6.60. The summed E-state index contributed by atoms with van der Waals surface area (Å²) in [6.45, 7) is 3.13. The first-order valence-electron chi connectivity index (χ1n) is 14.6. The van der Waals surface area contributed by atoms with Gasteiger partial charge in [0.05, 0.1) is 22.8 Å². The maximum Gasteiger partial charge on any atom is 2.00 e. The topological polar surface area (TPSA) is 101 Å². The van der Waals surface area contributed by atoms with Gasteiger partial charge in [-0.05, 0) is 71.8 Å². The molecule has 0 atom stereocenters. The SMILES string of the molecule is CO.F[P-](F)(F)(F)(F)F.[Cl-].[Cl-].[Cu+2].[Cu+2].[O-]c1c(CN(Cc2ccccn2)Cc2ccccn2)cc(Cl)cc1CN(Cc1ccccn1)Cc1ccccn1. The van der Waals surface area contributed by atoms with Crippen molar-refractivity contribution in [3.63, 3.8) is 0 Å². The maximum absolute atomic E-state index is 13.8. The molecule has 2 radical (unpaired) electrons. The van der Waals surface area contributed by atoms with Gasteiger partial charge in [-0.3, -0.25) is 29.7 Å². The Morgan fingerprint density at radius 3 is 1.00 bits per heavy atom. The largest absolute Gasteiger partial charge is 2.00 e. The first-order chi connectivity index (χ1) is 23.1. The zero-order valence-corrected chi connectivity index (χ0v) is 32.7. The molecule has 0 saturated heterocycles. The van der Waals surface area contributed by atoms with Gasteiger partial charge in [0.15, 0.2) is 0 Å². The summed E-state index contributed by atoms with van der Waals surface area (Å²) in [4.78, 5) is 22.3. The van der Waals surface area contributed by atoms with Crippen molar-refractivity contribution in [1.29, 1.82) is 0 Å². The van der Waals surface area contributed by atoms with Gasteiger partial charge in [0, 0.05) is 76.2 Å². The molecule has 20 heteroatoms. The number of aliphatic hydroxyl groups excluding tert-OH is 1. The Hall–Kier alpha value is -2.58. The Morgan fingerprint density at radius 1 is 0.547 bits per heavy atom. The zero-order chi connectivity index (χ0) is 36.0. The van der Waals surface area contributed by atoms with Crippen molar-refractivity contribution in [1.82, 2.24) is 29.7 Å². The van der Waals surface area contributed by atoms with E-state index >= 15 is 0 Å². The van der Waals surface area contributed by atoms with Crippen LogP contribution in [0.4, 0.5) is 25.2 Å². The van der Waals surface area contributed by atoms with Gasteiger partial charge >= 0.3 is 67.1 Å². The van der Waals surface area contributed by atoms with Gasteiger partial charge in [0.25, 0.3) is 0 Å². The Morgan fingerprint density at radius 2 is 0.792 bits per heavy atom. The van der Waals surface area contributed by atoms with Gasteiger partial charge in [-0.2, -0.15) is 0 Å². The van der Waals surface area contributed by atoms with Crippen molar-refractivity contribution in [2.45, 2.75) is 39.3 Å². The minimum Gasteiger partial charge on any atom is -1.00 e. The average Bonchev–Trinajstić information content (AvgIpc) is 3.04. The number of pyridine rings is 4. The Balaban J connectivity index is 0. The van der Waals surface area contributed by atoms with E-state index < -0.39 is 7.81 Å². The molecule has 0 aliphatic rings. The molecule has 0 unspecified atom stereocenters. The fraction of sp³-hybridized carbons (Fsp3) is 0.212. The average molecular weight is 925 g/mol. The molecule has 0 saturated carbocycles. The van der Waals surface area contributed by atoms with Gasteiger partial charge in [-0.15, -0.1) is 0 Å². The third-order valence-corrected chi connectivity index (χ3v) is 6.66. The molecule has 0 amide bonds. The van der Waals surface area contributed by atoms with E-state index in [-0.39, 0.29) is 64.7 Å². The van der Waals surface area contributed by atoms with Crippen molar-refractivity contribution in [2.24, 2.45) is 0 Å². The number of aromatic nitrogens is 4. The van der Waals surface area contributed by atoms with E-state index in [2.05, 4.69) is 29.7 Å². The second kappa shape index (κ2) is 23.4. The summed E-state index contributed by atoms with van der Waals surface area (Å²) in [5, 5.41) is 21.4. The summed E-state index contributed by atoms with van der Waals surface area (Å²) in [6, 6.07) is 27.0. The van der Waals surface area contributed by atoms with Crippen molar-refractivity contribution >= 4 is 19.4 Å². The first kappa shape index (κ1) is 52.5. The zero-order valence-electron chi connectivity index (χ0n) is 27.6. The summed E-state index contributed by atoms with van der Waals surface area (Å²) in [5.41, 5.74) is 4.97. The van der Waals surface area contributed by atoms with Crippen LogP contribution in [0.5, 0.6) is 5.75 Å². The molecule has 53 heavy (non-hydrogen) atoms. The van der Waals surface area contributed by atoms with Crippen LogP contribution in [-0.2, 0) is 73.4 Å². The summed E-state index contributed by atoms with van der Waals surface area (Å²) < 4.78 is 59.2. The smallest absolute Gasteiger partial charge is 1.00 e. The predicted molar refractivity (Wildman–Crippen MR) is 175 cm³/mol. The molecular weight excluding hydrogens is 891 g/mol. The summed E-state index contributed by atoms with van der Waals surface area (Å²) in [7, 11) is -9.66. The standard InChI is InChI=1S/C32H31ClN6O.CH4O.2ClH.2Cu.F6P/c33-27-17-25(19-38(21-28-9-1-5-13-34-28)22-29-10-2-6-14-35-29)32(40)26(18-27)20-39(23-30-11-3-7-15-36-30)24-31-12-4-8-16-37-31;1-2;;;;;1-7(2,3,4,5)6/h1-18,40H,19-24H2;2H,1H3;2*1H;;;/q;;;;2*+2;-1/p-3. The van der Waals surface area contributed by atoms with Crippen LogP contribution < -0.4 is 29.9 Å². The van der Waals surface area contributed by atoms with Gasteiger partial charge in [-0.1, -0.05) is 41.6 Å². The maximum atomic E-state index is 13.8. The van der Waals surface area contributed by atoms with E-state index in [0.29, 0.717) is 55.4 Å². The number of hydrogen-bond donors (Lipinski definition) is 1. The Kier molecular flexibility index (Phi) is 23.2. The predicted octanol–water partition coefficient (Wildman–Crippen LogP) is 2.39. The van der Waals surface area contributed by atoms with E-state index in [1.54, 1.807) is 36.9 Å². The number of hydrogen-bond acceptors (Lipinski definition) is 8. The normalized spacial score (nSPS) is 11.7. The molecule has 1 aromatic carbocycles. The van der Waals surface area contributed by atoms with Crippen LogP contribution in [0.3, 0.4) is 0 Å². The van der Waals surface area contributed by atoms with Gasteiger partial charge in [-0.25, -0.2) is 0 Å². The van der Waals surface area contributed by atoms with E-state index in [1.807, 2.05) is 72.8 Å². The van der Waals surface area contributed by atoms with Crippen LogP contribution in [0.1, 0.15) is 33.9 Å². The van der Waals surface area contributed by atoms with E-state index in [9.17, 15) is 30.3 Å². The Bertz CT molecular complexity index is 1530. The van der Waals surface area contributed by atoms with Crippen LogP contribution >= 0.6 is 19.4 Å². The van der Waals surface area contributed by atoms with E-state index in [4.69, 9.17) is 16.7 Å². The second-order valence-electron chi connectivity index (χ2n) is 10.6. The van der Waals surface area contributed by atoms with Crippen molar-refractivity contribution in [2.75, 3.05) is 7.11 Å². The minimum atomic E-state index is -10.7. The van der Waals surface area contributed by atoms with Crippen molar-refractivity contribution in [3.05, 3.63) is 149 Å².